The molecule has 1 N–H and O–H groups in total. The SMILES string of the molecule is CS(=O)(=O)c1ccc(C(=O)N2C[C@@H](CN3CCCCC3)[C@@H](CO)C2)cc1. The molecule has 144 valence electrons. The number of piperidine rings is 1. The van der Waals surface area contributed by atoms with Crippen LogP contribution in [0, 0.1) is 11.8 Å². The molecule has 1 aromatic rings. The minimum Gasteiger partial charge on any atom is -0.396 e. The zero-order chi connectivity index (χ0) is 18.7. The lowest BCUT2D eigenvalue weighted by atomic mass is 9.95. The molecule has 2 aliphatic heterocycles. The maximum absolute atomic E-state index is 12.8. The Labute approximate surface area is 155 Å². The summed E-state index contributed by atoms with van der Waals surface area (Å²) in [6, 6.07) is 6.11. The quantitative estimate of drug-likeness (QED) is 0.832. The molecule has 1 amide bonds. The van der Waals surface area contributed by atoms with Crippen LogP contribution in [-0.2, 0) is 9.84 Å². The van der Waals surface area contributed by atoms with E-state index in [2.05, 4.69) is 4.90 Å². The van der Waals surface area contributed by atoms with E-state index in [0.717, 1.165) is 25.9 Å². The lowest BCUT2D eigenvalue weighted by Gasteiger charge is -2.30. The summed E-state index contributed by atoms with van der Waals surface area (Å²) < 4.78 is 23.1. The van der Waals surface area contributed by atoms with Gasteiger partial charge in [-0.05, 0) is 56.1 Å². The van der Waals surface area contributed by atoms with Crippen molar-refractivity contribution in [1.29, 1.82) is 0 Å². The molecule has 2 heterocycles. The topological polar surface area (TPSA) is 77.9 Å². The first-order valence-corrected chi connectivity index (χ1v) is 11.2. The highest BCUT2D eigenvalue weighted by Gasteiger charge is 2.36. The summed E-state index contributed by atoms with van der Waals surface area (Å²) in [5, 5.41) is 9.74. The number of rotatable bonds is 5. The zero-order valence-corrected chi connectivity index (χ0v) is 16.1. The Kier molecular flexibility index (Phi) is 5.99. The van der Waals surface area contributed by atoms with Crippen molar-refractivity contribution in [3.8, 4) is 0 Å². The Bertz CT molecular complexity index is 726. The molecule has 2 atom stereocenters. The van der Waals surface area contributed by atoms with Gasteiger partial charge in [-0.15, -0.1) is 0 Å². The standard InChI is InChI=1S/C19H28N2O4S/c1-26(24,25)18-7-5-15(6-8-18)19(23)21-12-16(17(13-21)14-22)11-20-9-3-2-4-10-20/h5-8,16-17,22H,2-4,9-14H2,1H3/t16-,17-/m1/s1. The zero-order valence-electron chi connectivity index (χ0n) is 15.3. The number of hydrogen-bond acceptors (Lipinski definition) is 5. The molecule has 6 nitrogen and oxygen atoms in total. The number of amides is 1. The normalized spacial score (nSPS) is 24.8. The molecule has 2 saturated heterocycles. The highest BCUT2D eigenvalue weighted by molar-refractivity contribution is 7.90. The number of carbonyl (C=O) groups excluding carboxylic acids is 1. The Morgan fingerprint density at radius 2 is 1.69 bits per heavy atom. The third kappa shape index (κ3) is 4.45. The molecule has 2 aliphatic rings. The van der Waals surface area contributed by atoms with Gasteiger partial charge in [0.2, 0.25) is 0 Å². The minimum atomic E-state index is -3.27. The van der Waals surface area contributed by atoms with Crippen LogP contribution in [0.3, 0.4) is 0 Å². The van der Waals surface area contributed by atoms with Crippen molar-refractivity contribution in [1.82, 2.24) is 9.80 Å². The van der Waals surface area contributed by atoms with Crippen LogP contribution in [0.1, 0.15) is 29.6 Å². The van der Waals surface area contributed by atoms with Gasteiger partial charge in [0.1, 0.15) is 0 Å². The highest BCUT2D eigenvalue weighted by atomic mass is 32.2. The lowest BCUT2D eigenvalue weighted by molar-refractivity contribution is 0.0778. The van der Waals surface area contributed by atoms with Crippen molar-refractivity contribution in [2.24, 2.45) is 11.8 Å². The molecule has 0 saturated carbocycles. The first kappa shape index (κ1) is 19.3. The minimum absolute atomic E-state index is 0.0926. The number of aliphatic hydroxyl groups is 1. The summed E-state index contributed by atoms with van der Waals surface area (Å²) in [6.07, 6.45) is 4.90. The molecular weight excluding hydrogens is 352 g/mol. The molecular formula is C19H28N2O4S. The number of sulfone groups is 1. The van der Waals surface area contributed by atoms with E-state index in [-0.39, 0.29) is 29.2 Å². The number of benzene rings is 1. The molecule has 26 heavy (non-hydrogen) atoms. The first-order chi connectivity index (χ1) is 12.4. The molecule has 0 unspecified atom stereocenters. The van der Waals surface area contributed by atoms with Crippen LogP contribution < -0.4 is 0 Å². The smallest absolute Gasteiger partial charge is 0.253 e. The fraction of sp³-hybridized carbons (Fsp3) is 0.632. The predicted molar refractivity (Wildman–Crippen MR) is 99.8 cm³/mol. The van der Waals surface area contributed by atoms with Crippen molar-refractivity contribution in [3.63, 3.8) is 0 Å². The third-order valence-electron chi connectivity index (χ3n) is 5.57. The average molecular weight is 381 g/mol. The van der Waals surface area contributed by atoms with Crippen molar-refractivity contribution in [3.05, 3.63) is 29.8 Å². The van der Waals surface area contributed by atoms with Crippen LogP contribution in [0.5, 0.6) is 0 Å². The molecule has 3 rings (SSSR count). The maximum atomic E-state index is 12.8. The molecule has 0 aromatic heterocycles. The molecule has 1 aromatic carbocycles. The van der Waals surface area contributed by atoms with Gasteiger partial charge in [-0.1, -0.05) is 6.42 Å². The predicted octanol–water partition coefficient (Wildman–Crippen LogP) is 1.26. The monoisotopic (exact) mass is 380 g/mol. The molecule has 0 spiro atoms. The number of nitrogens with zero attached hydrogens (tertiary/aromatic N) is 2. The highest BCUT2D eigenvalue weighted by Crippen LogP contribution is 2.27. The largest absolute Gasteiger partial charge is 0.396 e. The van der Waals surface area contributed by atoms with Gasteiger partial charge in [-0.3, -0.25) is 4.79 Å². The number of carbonyl (C=O) groups is 1. The van der Waals surface area contributed by atoms with Gasteiger partial charge in [0.15, 0.2) is 9.84 Å². The van der Waals surface area contributed by atoms with E-state index in [1.165, 1.54) is 31.4 Å². The van der Waals surface area contributed by atoms with E-state index in [4.69, 9.17) is 0 Å². The van der Waals surface area contributed by atoms with E-state index in [9.17, 15) is 18.3 Å². The second-order valence-electron chi connectivity index (χ2n) is 7.57. The fourth-order valence-corrected chi connectivity index (χ4v) is 4.65. The Morgan fingerprint density at radius 1 is 1.08 bits per heavy atom. The summed E-state index contributed by atoms with van der Waals surface area (Å²) in [6.45, 7) is 4.44. The van der Waals surface area contributed by atoms with Crippen molar-refractivity contribution < 1.29 is 18.3 Å². The second-order valence-corrected chi connectivity index (χ2v) is 9.59. The van der Waals surface area contributed by atoms with Gasteiger partial charge < -0.3 is 14.9 Å². The molecule has 2 fully saturated rings. The lowest BCUT2D eigenvalue weighted by Crippen LogP contribution is -2.37. The molecule has 0 radical (unpaired) electrons. The maximum Gasteiger partial charge on any atom is 0.253 e. The van der Waals surface area contributed by atoms with Crippen molar-refractivity contribution in [2.75, 3.05) is 45.6 Å². The third-order valence-corrected chi connectivity index (χ3v) is 6.70. The summed E-state index contributed by atoms with van der Waals surface area (Å²) in [4.78, 5) is 17.2. The summed E-state index contributed by atoms with van der Waals surface area (Å²) >= 11 is 0. The van der Waals surface area contributed by atoms with Crippen LogP contribution in [0.25, 0.3) is 0 Å². The van der Waals surface area contributed by atoms with E-state index >= 15 is 0 Å². The van der Waals surface area contributed by atoms with E-state index in [1.54, 1.807) is 17.0 Å². The van der Waals surface area contributed by atoms with E-state index in [0.29, 0.717) is 18.7 Å². The second kappa shape index (κ2) is 8.06. The molecule has 0 aliphatic carbocycles. The average Bonchev–Trinajstić information content (AvgIpc) is 3.04. The van der Waals surface area contributed by atoms with Gasteiger partial charge in [-0.25, -0.2) is 8.42 Å². The van der Waals surface area contributed by atoms with Crippen LogP contribution in [-0.4, -0.2) is 74.8 Å². The van der Waals surface area contributed by atoms with Gasteiger partial charge in [-0.2, -0.15) is 0 Å². The summed E-state index contributed by atoms with van der Waals surface area (Å²) in [5.74, 6) is 0.304. The Morgan fingerprint density at radius 3 is 2.27 bits per heavy atom. The number of likely N-dealkylation sites (tertiary alicyclic amines) is 2. The summed E-state index contributed by atoms with van der Waals surface area (Å²) in [7, 11) is -3.27. The van der Waals surface area contributed by atoms with Gasteiger partial charge >= 0.3 is 0 Å². The number of hydrogen-bond donors (Lipinski definition) is 1. The van der Waals surface area contributed by atoms with Gasteiger partial charge in [0.25, 0.3) is 5.91 Å². The molecule has 0 bridgehead atoms. The van der Waals surface area contributed by atoms with E-state index < -0.39 is 9.84 Å². The fourth-order valence-electron chi connectivity index (χ4n) is 4.02. The van der Waals surface area contributed by atoms with Crippen LogP contribution in [0.4, 0.5) is 0 Å². The Balaban J connectivity index is 1.66. The Hall–Kier alpha value is -1.44. The van der Waals surface area contributed by atoms with Crippen LogP contribution >= 0.6 is 0 Å². The van der Waals surface area contributed by atoms with Gasteiger partial charge in [0.05, 0.1) is 4.90 Å². The van der Waals surface area contributed by atoms with Crippen LogP contribution in [0.2, 0.25) is 0 Å². The van der Waals surface area contributed by atoms with Crippen molar-refractivity contribution in [2.45, 2.75) is 24.2 Å². The first-order valence-electron chi connectivity index (χ1n) is 9.31. The van der Waals surface area contributed by atoms with Crippen LogP contribution in [0.15, 0.2) is 29.2 Å². The van der Waals surface area contributed by atoms with Crippen molar-refractivity contribution >= 4 is 15.7 Å². The van der Waals surface area contributed by atoms with Gasteiger partial charge in [0, 0.05) is 44.0 Å². The van der Waals surface area contributed by atoms with E-state index in [1.807, 2.05) is 0 Å². The summed E-state index contributed by atoms with van der Waals surface area (Å²) in [5.41, 5.74) is 0.493. The molecule has 7 heteroatoms. The number of aliphatic hydroxyl groups excluding tert-OH is 1.